The van der Waals surface area contributed by atoms with Crippen LogP contribution in [0.5, 0.6) is 0 Å². The van der Waals surface area contributed by atoms with Gasteiger partial charge in [0, 0.05) is 18.1 Å². The molecule has 4 heterocycles. The minimum absolute atomic E-state index is 0.534. The highest BCUT2D eigenvalue weighted by molar-refractivity contribution is 5.72. The van der Waals surface area contributed by atoms with Crippen LogP contribution < -0.4 is 5.73 Å². The first kappa shape index (κ1) is 14.3. The van der Waals surface area contributed by atoms with Crippen LogP contribution in [0.25, 0.3) is 28.3 Å². The summed E-state index contributed by atoms with van der Waals surface area (Å²) in [4.78, 5) is 13.2. The van der Waals surface area contributed by atoms with E-state index in [1.807, 2.05) is 42.6 Å². The summed E-state index contributed by atoms with van der Waals surface area (Å²) in [7, 11) is 0. The van der Waals surface area contributed by atoms with Crippen molar-refractivity contribution in [3.05, 3.63) is 60.6 Å². The number of hydrogen-bond acceptors (Lipinski definition) is 5. The fourth-order valence-electron chi connectivity index (χ4n) is 2.63. The molecule has 118 valence electrons. The Hall–Kier alpha value is -3.28. The standard InChI is InChI=1S/C18H16N6/c1-2-14-9-12(6-8-20-14)13-10-16(19)24-17(11-13)22-18(23-24)15-5-3-4-7-21-15/h3-11H,2,19H2,1H3. The number of pyridine rings is 3. The molecule has 0 aliphatic carbocycles. The van der Waals surface area contributed by atoms with Crippen LogP contribution in [0.2, 0.25) is 0 Å². The highest BCUT2D eigenvalue weighted by atomic mass is 15.3. The lowest BCUT2D eigenvalue weighted by molar-refractivity contribution is 0.974. The van der Waals surface area contributed by atoms with Gasteiger partial charge in [-0.05, 0) is 53.9 Å². The van der Waals surface area contributed by atoms with Crippen molar-refractivity contribution in [2.24, 2.45) is 0 Å². The van der Waals surface area contributed by atoms with Gasteiger partial charge >= 0.3 is 0 Å². The molecule has 0 saturated heterocycles. The summed E-state index contributed by atoms with van der Waals surface area (Å²) < 4.78 is 1.63. The van der Waals surface area contributed by atoms with Gasteiger partial charge in [0.25, 0.3) is 0 Å². The summed E-state index contributed by atoms with van der Waals surface area (Å²) in [5, 5.41) is 4.46. The van der Waals surface area contributed by atoms with E-state index in [4.69, 9.17) is 5.73 Å². The molecule has 0 aliphatic heterocycles. The van der Waals surface area contributed by atoms with Gasteiger partial charge in [-0.15, -0.1) is 5.10 Å². The molecule has 6 nitrogen and oxygen atoms in total. The third kappa shape index (κ3) is 2.48. The topological polar surface area (TPSA) is 82.0 Å². The van der Waals surface area contributed by atoms with Crippen molar-refractivity contribution < 1.29 is 0 Å². The van der Waals surface area contributed by atoms with E-state index < -0.39 is 0 Å². The fraction of sp³-hybridized carbons (Fsp3) is 0.111. The average molecular weight is 316 g/mol. The lowest BCUT2D eigenvalue weighted by Gasteiger charge is -2.06. The van der Waals surface area contributed by atoms with Gasteiger partial charge in [-0.2, -0.15) is 4.52 Å². The van der Waals surface area contributed by atoms with Gasteiger partial charge in [-0.3, -0.25) is 9.97 Å². The molecule has 0 aliphatic rings. The Morgan fingerprint density at radius 1 is 1.00 bits per heavy atom. The number of rotatable bonds is 3. The van der Waals surface area contributed by atoms with E-state index in [1.54, 1.807) is 10.7 Å². The molecule has 4 aromatic heterocycles. The molecule has 6 heteroatoms. The highest BCUT2D eigenvalue weighted by Gasteiger charge is 2.11. The SMILES string of the molecule is CCc1cc(-c2cc(N)n3nc(-c4ccccn4)nc3c2)ccn1. The first-order valence-corrected chi connectivity index (χ1v) is 7.77. The van der Waals surface area contributed by atoms with Gasteiger partial charge in [-0.25, -0.2) is 4.98 Å². The maximum absolute atomic E-state index is 6.18. The second-order valence-electron chi connectivity index (χ2n) is 5.48. The van der Waals surface area contributed by atoms with Crippen molar-refractivity contribution in [1.82, 2.24) is 24.6 Å². The lowest BCUT2D eigenvalue weighted by Crippen LogP contribution is -1.99. The quantitative estimate of drug-likeness (QED) is 0.628. The lowest BCUT2D eigenvalue weighted by atomic mass is 10.1. The Bertz CT molecular complexity index is 1010. The Labute approximate surface area is 139 Å². The number of nitrogen functional groups attached to an aromatic ring is 1. The van der Waals surface area contributed by atoms with E-state index in [0.29, 0.717) is 17.3 Å². The number of aryl methyl sites for hydroxylation is 1. The number of nitrogens with zero attached hydrogens (tertiary/aromatic N) is 5. The molecule has 0 unspecified atom stereocenters. The second kappa shape index (κ2) is 5.73. The monoisotopic (exact) mass is 316 g/mol. The molecule has 0 bridgehead atoms. The van der Waals surface area contributed by atoms with Crippen molar-refractivity contribution in [2.45, 2.75) is 13.3 Å². The molecule has 0 aromatic carbocycles. The van der Waals surface area contributed by atoms with Crippen LogP contribution in [-0.4, -0.2) is 24.6 Å². The van der Waals surface area contributed by atoms with E-state index in [2.05, 4.69) is 33.0 Å². The summed E-state index contributed by atoms with van der Waals surface area (Å²) in [6.45, 7) is 2.08. The molecular formula is C18H16N6. The highest BCUT2D eigenvalue weighted by Crippen LogP contribution is 2.25. The normalized spacial score (nSPS) is 11.0. The van der Waals surface area contributed by atoms with Crippen LogP contribution >= 0.6 is 0 Å². The van der Waals surface area contributed by atoms with Crippen LogP contribution in [0.3, 0.4) is 0 Å². The average Bonchev–Trinajstić information content (AvgIpc) is 3.07. The number of nitrogens with two attached hydrogens (primary N) is 1. The maximum atomic E-state index is 6.18. The summed E-state index contributed by atoms with van der Waals surface area (Å²) in [6, 6.07) is 13.6. The Kier molecular flexibility index (Phi) is 3.42. The fourth-order valence-corrected chi connectivity index (χ4v) is 2.63. The summed E-state index contributed by atoms with van der Waals surface area (Å²) >= 11 is 0. The Morgan fingerprint density at radius 3 is 2.71 bits per heavy atom. The van der Waals surface area contributed by atoms with Crippen molar-refractivity contribution in [1.29, 1.82) is 0 Å². The summed E-state index contributed by atoms with van der Waals surface area (Å²) in [5.74, 6) is 1.09. The van der Waals surface area contributed by atoms with Crippen molar-refractivity contribution in [3.63, 3.8) is 0 Å². The zero-order chi connectivity index (χ0) is 16.5. The molecule has 4 aromatic rings. The van der Waals surface area contributed by atoms with Crippen LogP contribution in [-0.2, 0) is 6.42 Å². The van der Waals surface area contributed by atoms with Crippen molar-refractivity contribution in [2.75, 3.05) is 5.73 Å². The Morgan fingerprint density at radius 2 is 1.92 bits per heavy atom. The molecule has 0 fully saturated rings. The Balaban J connectivity index is 1.85. The van der Waals surface area contributed by atoms with Gasteiger partial charge < -0.3 is 5.73 Å². The third-order valence-corrected chi connectivity index (χ3v) is 3.87. The van der Waals surface area contributed by atoms with Gasteiger partial charge in [0.2, 0.25) is 5.82 Å². The molecule has 0 spiro atoms. The molecule has 0 amide bonds. The molecule has 4 rings (SSSR count). The predicted molar refractivity (Wildman–Crippen MR) is 93.2 cm³/mol. The number of fused-ring (bicyclic) bond motifs is 1. The molecule has 24 heavy (non-hydrogen) atoms. The van der Waals surface area contributed by atoms with Crippen LogP contribution in [0.4, 0.5) is 5.82 Å². The maximum Gasteiger partial charge on any atom is 0.200 e. The van der Waals surface area contributed by atoms with Gasteiger partial charge in [-0.1, -0.05) is 13.0 Å². The predicted octanol–water partition coefficient (Wildman–Crippen LogP) is 3.00. The first-order valence-electron chi connectivity index (χ1n) is 7.77. The largest absolute Gasteiger partial charge is 0.384 e. The summed E-state index contributed by atoms with van der Waals surface area (Å²) in [5.41, 5.74) is 10.7. The van der Waals surface area contributed by atoms with E-state index in [9.17, 15) is 0 Å². The van der Waals surface area contributed by atoms with E-state index in [0.717, 1.165) is 28.9 Å². The first-order chi connectivity index (χ1) is 11.7. The van der Waals surface area contributed by atoms with Gasteiger partial charge in [0.05, 0.1) is 0 Å². The van der Waals surface area contributed by atoms with E-state index >= 15 is 0 Å². The zero-order valence-corrected chi connectivity index (χ0v) is 13.2. The van der Waals surface area contributed by atoms with Crippen LogP contribution in [0, 0.1) is 0 Å². The minimum atomic E-state index is 0.534. The van der Waals surface area contributed by atoms with Crippen LogP contribution in [0.15, 0.2) is 54.9 Å². The smallest absolute Gasteiger partial charge is 0.200 e. The molecule has 0 atom stereocenters. The third-order valence-electron chi connectivity index (χ3n) is 3.87. The molecule has 0 saturated carbocycles. The minimum Gasteiger partial charge on any atom is -0.384 e. The zero-order valence-electron chi connectivity index (χ0n) is 13.2. The molecular weight excluding hydrogens is 300 g/mol. The van der Waals surface area contributed by atoms with Gasteiger partial charge in [0.15, 0.2) is 5.65 Å². The number of aromatic nitrogens is 5. The van der Waals surface area contributed by atoms with Gasteiger partial charge in [0.1, 0.15) is 11.5 Å². The van der Waals surface area contributed by atoms with E-state index in [1.165, 1.54) is 0 Å². The van der Waals surface area contributed by atoms with Crippen molar-refractivity contribution in [3.8, 4) is 22.6 Å². The van der Waals surface area contributed by atoms with Crippen LogP contribution in [0.1, 0.15) is 12.6 Å². The van der Waals surface area contributed by atoms with E-state index in [-0.39, 0.29) is 0 Å². The molecule has 0 radical (unpaired) electrons. The van der Waals surface area contributed by atoms with Crippen molar-refractivity contribution >= 4 is 11.5 Å². The number of anilines is 1. The summed E-state index contributed by atoms with van der Waals surface area (Å²) in [6.07, 6.45) is 4.43. The second-order valence-corrected chi connectivity index (χ2v) is 5.48. The molecule has 2 N–H and O–H groups in total. The number of hydrogen-bond donors (Lipinski definition) is 1.